The quantitative estimate of drug-likeness (QED) is 0.604. The molecule has 1 aromatic carbocycles. The molecule has 5 heterocycles. The Balaban J connectivity index is 0.000000684. The van der Waals surface area contributed by atoms with Gasteiger partial charge in [-0.1, -0.05) is 30.3 Å². The average molecular weight is 435 g/mol. The SMILES string of the molecule is O=C(c1cn2cccnc2n1)N1CC[C@@]23OC[C@@H](c4ccccc4)N2C(=O)C[C@@H]13.O=CO. The predicted molar refractivity (Wildman–Crippen MR) is 110 cm³/mol. The molecule has 0 unspecified atom stereocenters. The molecule has 0 saturated carbocycles. The maximum Gasteiger partial charge on any atom is 0.290 e. The summed E-state index contributed by atoms with van der Waals surface area (Å²) in [6.07, 6.45) is 6.03. The van der Waals surface area contributed by atoms with Crippen molar-refractivity contribution in [1.82, 2.24) is 24.2 Å². The summed E-state index contributed by atoms with van der Waals surface area (Å²) < 4.78 is 8.00. The number of aromatic nitrogens is 3. The van der Waals surface area contributed by atoms with Crippen molar-refractivity contribution in [3.05, 3.63) is 66.2 Å². The van der Waals surface area contributed by atoms with Crippen LogP contribution in [0.5, 0.6) is 0 Å². The van der Waals surface area contributed by atoms with Crippen LogP contribution in [0.1, 0.15) is 34.9 Å². The number of carbonyl (C=O) groups is 3. The van der Waals surface area contributed by atoms with E-state index in [9.17, 15) is 9.59 Å². The van der Waals surface area contributed by atoms with Crippen LogP contribution in [-0.2, 0) is 14.3 Å². The van der Waals surface area contributed by atoms with E-state index in [-0.39, 0.29) is 36.8 Å². The zero-order chi connectivity index (χ0) is 22.3. The van der Waals surface area contributed by atoms with Gasteiger partial charge in [-0.25, -0.2) is 9.97 Å². The van der Waals surface area contributed by atoms with Gasteiger partial charge in [0.25, 0.3) is 12.4 Å². The highest BCUT2D eigenvalue weighted by molar-refractivity contribution is 5.94. The fraction of sp³-hybridized carbons (Fsp3) is 0.318. The van der Waals surface area contributed by atoms with Gasteiger partial charge in [-0.15, -0.1) is 0 Å². The molecule has 3 saturated heterocycles. The first-order valence-corrected chi connectivity index (χ1v) is 10.3. The van der Waals surface area contributed by atoms with Crippen LogP contribution in [0.2, 0.25) is 0 Å². The maximum absolute atomic E-state index is 13.2. The van der Waals surface area contributed by atoms with E-state index in [0.29, 0.717) is 31.0 Å². The number of nitrogens with zero attached hydrogens (tertiary/aromatic N) is 5. The molecule has 0 radical (unpaired) electrons. The van der Waals surface area contributed by atoms with E-state index < -0.39 is 5.72 Å². The Hall–Kier alpha value is -3.79. The van der Waals surface area contributed by atoms with E-state index in [2.05, 4.69) is 9.97 Å². The lowest BCUT2D eigenvalue weighted by atomic mass is 10.0. The van der Waals surface area contributed by atoms with Crippen LogP contribution in [-0.4, -0.2) is 72.5 Å². The minimum absolute atomic E-state index is 0.0375. The van der Waals surface area contributed by atoms with Crippen molar-refractivity contribution in [3.8, 4) is 0 Å². The minimum atomic E-state index is -0.731. The van der Waals surface area contributed by atoms with Crippen molar-refractivity contribution in [2.75, 3.05) is 13.2 Å². The van der Waals surface area contributed by atoms with Crippen molar-refractivity contribution in [2.45, 2.75) is 30.7 Å². The monoisotopic (exact) mass is 435 g/mol. The van der Waals surface area contributed by atoms with Gasteiger partial charge in [0.1, 0.15) is 5.69 Å². The molecule has 2 aromatic heterocycles. The molecule has 2 amide bonds. The molecule has 10 nitrogen and oxygen atoms in total. The molecular weight excluding hydrogens is 414 g/mol. The van der Waals surface area contributed by atoms with Gasteiger partial charge in [0.15, 0.2) is 5.72 Å². The highest BCUT2D eigenvalue weighted by Crippen LogP contribution is 2.51. The van der Waals surface area contributed by atoms with Crippen molar-refractivity contribution in [3.63, 3.8) is 0 Å². The number of rotatable bonds is 2. The Kier molecular flexibility index (Phi) is 4.86. The standard InChI is InChI=1S/C21H19N5O3.CH2O2/c27-18-11-17-21(26(18)16(13-29-21)14-5-2-1-3-6-14)7-10-25(17)19(28)15-12-24-9-4-8-22-20(24)23-15;2-1-3/h1-6,8-9,12,16-17H,7,10-11,13H2;1H,(H,2,3)/t16-,17+,21-;/m0./s1. The largest absolute Gasteiger partial charge is 0.483 e. The fourth-order valence-electron chi connectivity index (χ4n) is 5.09. The van der Waals surface area contributed by atoms with E-state index in [1.54, 1.807) is 27.8 Å². The fourth-order valence-corrected chi connectivity index (χ4v) is 5.09. The van der Waals surface area contributed by atoms with Gasteiger partial charge in [0.2, 0.25) is 11.7 Å². The molecule has 10 heteroatoms. The molecule has 3 aliphatic heterocycles. The van der Waals surface area contributed by atoms with E-state index in [4.69, 9.17) is 14.6 Å². The lowest BCUT2D eigenvalue weighted by Gasteiger charge is -2.33. The Morgan fingerprint density at radius 3 is 2.78 bits per heavy atom. The molecule has 0 aliphatic carbocycles. The van der Waals surface area contributed by atoms with Crippen molar-refractivity contribution in [2.24, 2.45) is 0 Å². The number of carbonyl (C=O) groups excluding carboxylic acids is 2. The first kappa shape index (κ1) is 20.1. The van der Waals surface area contributed by atoms with Crippen LogP contribution in [0, 0.1) is 0 Å². The van der Waals surface area contributed by atoms with Gasteiger partial charge in [-0.3, -0.25) is 18.8 Å². The summed E-state index contributed by atoms with van der Waals surface area (Å²) >= 11 is 0. The average Bonchev–Trinajstić information content (AvgIpc) is 3.54. The lowest BCUT2D eigenvalue weighted by molar-refractivity contribution is -0.138. The van der Waals surface area contributed by atoms with E-state index in [0.717, 1.165) is 5.56 Å². The number of fused-ring (bicyclic) bond motifs is 1. The first-order valence-electron chi connectivity index (χ1n) is 10.3. The van der Waals surface area contributed by atoms with Gasteiger partial charge in [0, 0.05) is 31.6 Å². The van der Waals surface area contributed by atoms with E-state index in [1.165, 1.54) is 0 Å². The zero-order valence-electron chi connectivity index (χ0n) is 17.1. The van der Waals surface area contributed by atoms with Crippen LogP contribution < -0.4 is 0 Å². The van der Waals surface area contributed by atoms with Crippen LogP contribution >= 0.6 is 0 Å². The number of likely N-dealkylation sites (tertiary alicyclic amines) is 1. The summed E-state index contributed by atoms with van der Waals surface area (Å²) in [6.45, 7) is 0.739. The van der Waals surface area contributed by atoms with Gasteiger partial charge in [-0.2, -0.15) is 0 Å². The summed E-state index contributed by atoms with van der Waals surface area (Å²) in [4.78, 5) is 46.7. The van der Waals surface area contributed by atoms with Gasteiger partial charge in [0.05, 0.1) is 25.1 Å². The van der Waals surface area contributed by atoms with Crippen LogP contribution in [0.4, 0.5) is 0 Å². The summed E-state index contributed by atoms with van der Waals surface area (Å²) in [5.41, 5.74) is 0.670. The number of ether oxygens (including phenoxy) is 1. The molecule has 1 spiro atoms. The number of benzene rings is 1. The van der Waals surface area contributed by atoms with Crippen molar-refractivity contribution >= 4 is 24.1 Å². The molecule has 164 valence electrons. The summed E-state index contributed by atoms with van der Waals surface area (Å²) in [5, 5.41) is 6.89. The molecular formula is C22H21N5O5. The second-order valence-corrected chi connectivity index (χ2v) is 7.87. The predicted octanol–water partition coefficient (Wildman–Crippen LogP) is 1.34. The van der Waals surface area contributed by atoms with Gasteiger partial charge in [-0.05, 0) is 11.6 Å². The van der Waals surface area contributed by atoms with Gasteiger partial charge < -0.3 is 19.6 Å². The molecule has 0 bridgehead atoms. The third-order valence-corrected chi connectivity index (χ3v) is 6.35. The van der Waals surface area contributed by atoms with Crippen LogP contribution in [0.15, 0.2) is 55.0 Å². The zero-order valence-corrected chi connectivity index (χ0v) is 17.1. The molecule has 6 rings (SSSR count). The smallest absolute Gasteiger partial charge is 0.290 e. The van der Waals surface area contributed by atoms with Crippen LogP contribution in [0.3, 0.4) is 0 Å². The summed E-state index contributed by atoms with van der Waals surface area (Å²) in [6, 6.07) is 11.3. The first-order chi connectivity index (χ1) is 15.6. The maximum atomic E-state index is 13.2. The van der Waals surface area contributed by atoms with E-state index >= 15 is 0 Å². The second-order valence-electron chi connectivity index (χ2n) is 7.87. The highest BCUT2D eigenvalue weighted by Gasteiger charge is 2.65. The Bertz CT molecular complexity index is 1150. The number of hydrogen-bond acceptors (Lipinski definition) is 6. The number of hydrogen-bond donors (Lipinski definition) is 1. The molecule has 3 fully saturated rings. The second kappa shape index (κ2) is 7.72. The molecule has 1 N–H and O–H groups in total. The Morgan fingerprint density at radius 1 is 1.25 bits per heavy atom. The third kappa shape index (κ3) is 2.94. The van der Waals surface area contributed by atoms with E-state index in [1.807, 2.05) is 41.4 Å². The van der Waals surface area contributed by atoms with Gasteiger partial charge >= 0.3 is 0 Å². The van der Waals surface area contributed by atoms with Crippen LogP contribution in [0.25, 0.3) is 5.78 Å². The Morgan fingerprint density at radius 2 is 2.03 bits per heavy atom. The summed E-state index contributed by atoms with van der Waals surface area (Å²) in [5.74, 6) is 0.337. The molecule has 3 atom stereocenters. The number of amides is 2. The highest BCUT2D eigenvalue weighted by atomic mass is 16.5. The Labute approximate surface area is 183 Å². The third-order valence-electron chi connectivity index (χ3n) is 6.35. The number of carboxylic acid groups (broad SMARTS) is 1. The van der Waals surface area contributed by atoms with Crippen molar-refractivity contribution < 1.29 is 24.2 Å². The number of imidazole rings is 1. The molecule has 3 aliphatic rings. The molecule has 32 heavy (non-hydrogen) atoms. The van der Waals surface area contributed by atoms with Crippen molar-refractivity contribution in [1.29, 1.82) is 0 Å². The normalized spacial score (nSPS) is 25.9. The minimum Gasteiger partial charge on any atom is -0.483 e. The molecule has 3 aromatic rings. The summed E-state index contributed by atoms with van der Waals surface area (Å²) in [7, 11) is 0. The topological polar surface area (TPSA) is 117 Å². The lowest BCUT2D eigenvalue weighted by Crippen LogP contribution is -2.49.